The maximum Gasteiger partial charge on any atom is 0.253 e. The first-order valence-corrected chi connectivity index (χ1v) is 6.15. The monoisotopic (exact) mass is 251 g/mol. The molecule has 0 aromatic heterocycles. The second kappa shape index (κ2) is 5.06. The van der Waals surface area contributed by atoms with Crippen molar-refractivity contribution in [1.29, 1.82) is 0 Å². The van der Waals surface area contributed by atoms with Crippen LogP contribution in [-0.4, -0.2) is 36.6 Å². The van der Waals surface area contributed by atoms with Crippen LogP contribution in [0, 0.1) is 12.7 Å². The molecule has 98 valence electrons. The summed E-state index contributed by atoms with van der Waals surface area (Å²) in [7, 11) is 1.77. The Morgan fingerprint density at radius 1 is 1.50 bits per heavy atom. The van der Waals surface area contributed by atoms with Crippen molar-refractivity contribution in [3.8, 4) is 0 Å². The lowest BCUT2D eigenvalue weighted by atomic mass is 10.1. The molecular formula is C14H18FNO2. The van der Waals surface area contributed by atoms with Gasteiger partial charge < -0.3 is 9.64 Å². The summed E-state index contributed by atoms with van der Waals surface area (Å²) in [6.45, 7) is 4.32. The van der Waals surface area contributed by atoms with Gasteiger partial charge in [0.05, 0.1) is 12.1 Å². The Labute approximate surface area is 107 Å². The fourth-order valence-electron chi connectivity index (χ4n) is 2.36. The summed E-state index contributed by atoms with van der Waals surface area (Å²) >= 11 is 0. The highest BCUT2D eigenvalue weighted by atomic mass is 19.1. The molecule has 1 aliphatic heterocycles. The molecule has 0 spiro atoms. The van der Waals surface area contributed by atoms with Gasteiger partial charge in [0.25, 0.3) is 5.91 Å². The summed E-state index contributed by atoms with van der Waals surface area (Å²) in [5.41, 5.74) is 1.01. The zero-order valence-electron chi connectivity index (χ0n) is 10.9. The third-order valence-electron chi connectivity index (χ3n) is 3.56. The highest BCUT2D eigenvalue weighted by Gasteiger charge is 2.31. The number of amides is 1. The lowest BCUT2D eigenvalue weighted by Crippen LogP contribution is -2.41. The SMILES string of the molecule is Cc1cc(C(=O)N(C)C2CCOC2C)ccc1F. The average Bonchev–Trinajstić information content (AvgIpc) is 2.77. The van der Waals surface area contributed by atoms with Crippen LogP contribution in [0.5, 0.6) is 0 Å². The van der Waals surface area contributed by atoms with E-state index < -0.39 is 0 Å². The number of aryl methyl sites for hydroxylation is 1. The van der Waals surface area contributed by atoms with Gasteiger partial charge in [0, 0.05) is 19.2 Å². The fraction of sp³-hybridized carbons (Fsp3) is 0.500. The largest absolute Gasteiger partial charge is 0.376 e. The van der Waals surface area contributed by atoms with E-state index >= 15 is 0 Å². The van der Waals surface area contributed by atoms with E-state index in [2.05, 4.69) is 0 Å². The molecule has 1 aliphatic rings. The number of carbonyl (C=O) groups is 1. The maximum atomic E-state index is 13.2. The standard InChI is InChI=1S/C14H18FNO2/c1-9-8-11(4-5-12(9)15)14(17)16(3)13-6-7-18-10(13)2/h4-5,8,10,13H,6-7H2,1-3H3. The van der Waals surface area contributed by atoms with Crippen molar-refractivity contribution in [2.75, 3.05) is 13.7 Å². The van der Waals surface area contributed by atoms with Gasteiger partial charge in [-0.25, -0.2) is 4.39 Å². The zero-order chi connectivity index (χ0) is 13.3. The fourth-order valence-corrected chi connectivity index (χ4v) is 2.36. The van der Waals surface area contributed by atoms with E-state index in [1.165, 1.54) is 12.1 Å². The van der Waals surface area contributed by atoms with Gasteiger partial charge in [-0.1, -0.05) is 0 Å². The third-order valence-corrected chi connectivity index (χ3v) is 3.56. The molecule has 0 radical (unpaired) electrons. The van der Waals surface area contributed by atoms with Crippen LogP contribution in [0.3, 0.4) is 0 Å². The molecule has 0 saturated carbocycles. The number of ether oxygens (including phenoxy) is 1. The molecule has 1 amide bonds. The first-order valence-electron chi connectivity index (χ1n) is 6.15. The highest BCUT2D eigenvalue weighted by molar-refractivity contribution is 5.94. The van der Waals surface area contributed by atoms with Gasteiger partial charge in [-0.05, 0) is 44.0 Å². The van der Waals surface area contributed by atoms with Crippen LogP contribution in [0.4, 0.5) is 4.39 Å². The summed E-state index contributed by atoms with van der Waals surface area (Å²) in [6, 6.07) is 4.56. The molecular weight excluding hydrogens is 233 g/mol. The van der Waals surface area contributed by atoms with Crippen LogP contribution in [-0.2, 0) is 4.74 Å². The van der Waals surface area contributed by atoms with E-state index in [1.54, 1.807) is 24.9 Å². The number of halogens is 1. The quantitative estimate of drug-likeness (QED) is 0.807. The summed E-state index contributed by atoms with van der Waals surface area (Å²) in [5.74, 6) is -0.368. The van der Waals surface area contributed by atoms with Gasteiger partial charge in [-0.15, -0.1) is 0 Å². The normalized spacial score (nSPS) is 23.1. The minimum Gasteiger partial charge on any atom is -0.376 e. The van der Waals surface area contributed by atoms with Crippen LogP contribution >= 0.6 is 0 Å². The van der Waals surface area contributed by atoms with Crippen molar-refractivity contribution in [2.45, 2.75) is 32.4 Å². The second-order valence-electron chi connectivity index (χ2n) is 4.81. The van der Waals surface area contributed by atoms with E-state index in [0.29, 0.717) is 17.7 Å². The molecule has 0 bridgehead atoms. The lowest BCUT2D eigenvalue weighted by Gasteiger charge is -2.27. The van der Waals surface area contributed by atoms with Gasteiger partial charge in [0.15, 0.2) is 0 Å². The number of carbonyl (C=O) groups excluding carboxylic acids is 1. The molecule has 1 heterocycles. The van der Waals surface area contributed by atoms with E-state index in [-0.39, 0.29) is 23.9 Å². The van der Waals surface area contributed by atoms with Gasteiger partial charge in [0.1, 0.15) is 5.82 Å². The van der Waals surface area contributed by atoms with Gasteiger partial charge in [0.2, 0.25) is 0 Å². The summed E-state index contributed by atoms with van der Waals surface area (Å²) < 4.78 is 18.6. The number of rotatable bonds is 2. The molecule has 0 aliphatic carbocycles. The Morgan fingerprint density at radius 3 is 2.78 bits per heavy atom. The van der Waals surface area contributed by atoms with E-state index in [9.17, 15) is 9.18 Å². The first-order chi connectivity index (χ1) is 8.50. The van der Waals surface area contributed by atoms with Crippen LogP contribution < -0.4 is 0 Å². The minimum absolute atomic E-state index is 0.0560. The molecule has 2 rings (SSSR count). The number of hydrogen-bond acceptors (Lipinski definition) is 2. The molecule has 3 nitrogen and oxygen atoms in total. The van der Waals surface area contributed by atoms with E-state index in [0.717, 1.165) is 6.42 Å². The Morgan fingerprint density at radius 2 is 2.22 bits per heavy atom. The highest BCUT2D eigenvalue weighted by Crippen LogP contribution is 2.20. The minimum atomic E-state index is -0.285. The maximum absolute atomic E-state index is 13.2. The van der Waals surface area contributed by atoms with E-state index in [1.807, 2.05) is 6.92 Å². The summed E-state index contributed by atoms with van der Waals surface area (Å²) in [6.07, 6.45) is 0.907. The predicted octanol–water partition coefficient (Wildman–Crippen LogP) is 2.38. The smallest absolute Gasteiger partial charge is 0.253 e. The molecule has 2 atom stereocenters. The second-order valence-corrected chi connectivity index (χ2v) is 4.81. The number of hydrogen-bond donors (Lipinski definition) is 0. The average molecular weight is 251 g/mol. The van der Waals surface area contributed by atoms with Crippen LogP contribution in [0.1, 0.15) is 29.3 Å². The molecule has 1 fully saturated rings. The Bertz CT molecular complexity index is 461. The summed E-state index contributed by atoms with van der Waals surface area (Å²) in [4.78, 5) is 14.0. The third kappa shape index (κ3) is 2.38. The number of benzene rings is 1. The van der Waals surface area contributed by atoms with Gasteiger partial charge in [-0.3, -0.25) is 4.79 Å². The zero-order valence-corrected chi connectivity index (χ0v) is 10.9. The van der Waals surface area contributed by atoms with Crippen LogP contribution in [0.15, 0.2) is 18.2 Å². The topological polar surface area (TPSA) is 29.5 Å². The Hall–Kier alpha value is -1.42. The predicted molar refractivity (Wildman–Crippen MR) is 67.0 cm³/mol. The first kappa shape index (κ1) is 13.0. The van der Waals surface area contributed by atoms with Crippen molar-refractivity contribution in [1.82, 2.24) is 4.90 Å². The lowest BCUT2D eigenvalue weighted by molar-refractivity contribution is 0.0574. The number of nitrogens with zero attached hydrogens (tertiary/aromatic N) is 1. The van der Waals surface area contributed by atoms with Crippen molar-refractivity contribution < 1.29 is 13.9 Å². The van der Waals surface area contributed by atoms with Gasteiger partial charge in [-0.2, -0.15) is 0 Å². The molecule has 1 saturated heterocycles. The van der Waals surface area contributed by atoms with Gasteiger partial charge >= 0.3 is 0 Å². The van der Waals surface area contributed by atoms with Crippen molar-refractivity contribution in [2.24, 2.45) is 0 Å². The Balaban J connectivity index is 2.17. The molecule has 1 aromatic carbocycles. The van der Waals surface area contributed by atoms with Crippen molar-refractivity contribution in [3.63, 3.8) is 0 Å². The summed E-state index contributed by atoms with van der Waals surface area (Å²) in [5, 5.41) is 0. The molecule has 2 unspecified atom stereocenters. The number of likely N-dealkylation sites (N-methyl/N-ethyl adjacent to an activating group) is 1. The van der Waals surface area contributed by atoms with Crippen LogP contribution in [0.25, 0.3) is 0 Å². The van der Waals surface area contributed by atoms with Crippen molar-refractivity contribution >= 4 is 5.91 Å². The molecule has 0 N–H and O–H groups in total. The Kier molecular flexibility index (Phi) is 3.66. The van der Waals surface area contributed by atoms with Crippen LogP contribution in [0.2, 0.25) is 0 Å². The molecule has 4 heteroatoms. The van der Waals surface area contributed by atoms with Crippen molar-refractivity contribution in [3.05, 3.63) is 35.1 Å². The molecule has 18 heavy (non-hydrogen) atoms. The molecule has 1 aromatic rings. The van der Waals surface area contributed by atoms with E-state index in [4.69, 9.17) is 4.74 Å².